The second-order valence-corrected chi connectivity index (χ2v) is 7.50. The van der Waals surface area contributed by atoms with Crippen LogP contribution in [0.15, 0.2) is 53.7 Å². The molecule has 0 radical (unpaired) electrons. The van der Waals surface area contributed by atoms with Gasteiger partial charge in [-0.05, 0) is 45.2 Å². The molecule has 1 amide bonds. The van der Waals surface area contributed by atoms with E-state index in [1.165, 1.54) is 41.6 Å². The lowest BCUT2D eigenvalue weighted by Crippen LogP contribution is -2.21. The first kappa shape index (κ1) is 26.0. The zero-order chi connectivity index (χ0) is 26.5. The molecule has 0 spiro atoms. The van der Waals surface area contributed by atoms with Crippen molar-refractivity contribution in [3.05, 3.63) is 71.2 Å². The molecule has 1 N–H and O–H groups in total. The van der Waals surface area contributed by atoms with Gasteiger partial charge in [0.2, 0.25) is 5.91 Å². The van der Waals surface area contributed by atoms with E-state index in [9.17, 15) is 23.2 Å². The molecule has 3 aromatic heterocycles. The normalized spacial score (nSPS) is 12.2. The number of hydrogen-bond acceptors (Lipinski definition) is 7. The Morgan fingerprint density at radius 2 is 2.03 bits per heavy atom. The molecule has 12 heteroatoms. The van der Waals surface area contributed by atoms with Gasteiger partial charge in [0.05, 0.1) is 23.1 Å². The number of carbonyl (C=O) groups excluding carboxylic acids is 1. The van der Waals surface area contributed by atoms with E-state index >= 15 is 0 Å². The molecule has 0 aliphatic heterocycles. The third-order valence-corrected chi connectivity index (χ3v) is 5.15. The van der Waals surface area contributed by atoms with E-state index in [0.29, 0.717) is 28.2 Å². The highest BCUT2D eigenvalue weighted by atomic mass is 19.4. The molecule has 0 aromatic carbocycles. The van der Waals surface area contributed by atoms with Gasteiger partial charge in [0.1, 0.15) is 18.3 Å². The molecular weight excluding hydrogens is 473 g/mol. The van der Waals surface area contributed by atoms with Crippen LogP contribution in [-0.2, 0) is 11.3 Å². The number of nitriles is 1. The van der Waals surface area contributed by atoms with Gasteiger partial charge in [-0.25, -0.2) is 4.98 Å². The van der Waals surface area contributed by atoms with Crippen molar-refractivity contribution < 1.29 is 18.0 Å². The number of pyridine rings is 1. The molecule has 36 heavy (non-hydrogen) atoms. The Bertz CT molecular complexity index is 1400. The van der Waals surface area contributed by atoms with Crippen LogP contribution in [0, 0.1) is 25.2 Å². The summed E-state index contributed by atoms with van der Waals surface area (Å²) in [4.78, 5) is 28.1. The highest BCUT2D eigenvalue weighted by Crippen LogP contribution is 2.31. The molecule has 0 aliphatic carbocycles. The Hall–Kier alpha value is -4.66. The zero-order valence-corrected chi connectivity index (χ0v) is 19.6. The minimum absolute atomic E-state index is 0.0563. The van der Waals surface area contributed by atoms with E-state index in [0.717, 1.165) is 6.08 Å². The predicted molar refractivity (Wildman–Crippen MR) is 128 cm³/mol. The summed E-state index contributed by atoms with van der Waals surface area (Å²) in [5.41, 5.74) is 1.65. The topological polar surface area (TPSA) is 122 Å². The van der Waals surface area contributed by atoms with Crippen LogP contribution < -0.4 is 5.32 Å². The maximum atomic E-state index is 13.2. The second-order valence-electron chi connectivity index (χ2n) is 7.50. The Kier molecular flexibility index (Phi) is 7.73. The first-order valence-electron chi connectivity index (χ1n) is 10.5. The number of amides is 1. The lowest BCUT2D eigenvalue weighted by Gasteiger charge is -2.10. The van der Waals surface area contributed by atoms with Crippen molar-refractivity contribution in [1.29, 1.82) is 5.26 Å². The highest BCUT2D eigenvalue weighted by molar-refractivity contribution is 5.91. The number of nitrogens with one attached hydrogen (secondary N) is 1. The van der Waals surface area contributed by atoms with Gasteiger partial charge >= 0.3 is 6.18 Å². The van der Waals surface area contributed by atoms with Gasteiger partial charge in [-0.1, -0.05) is 6.08 Å². The Morgan fingerprint density at radius 1 is 1.28 bits per heavy atom. The van der Waals surface area contributed by atoms with Gasteiger partial charge in [-0.2, -0.15) is 23.5 Å². The molecule has 0 unspecified atom stereocenters. The van der Waals surface area contributed by atoms with Crippen LogP contribution in [-0.4, -0.2) is 43.5 Å². The van der Waals surface area contributed by atoms with E-state index in [1.54, 1.807) is 20.8 Å². The number of hydrogen-bond donors (Lipinski definition) is 1. The lowest BCUT2D eigenvalue weighted by atomic mass is 10.0. The maximum absolute atomic E-state index is 13.2. The number of rotatable bonds is 7. The Balaban J connectivity index is 1.84. The van der Waals surface area contributed by atoms with Crippen LogP contribution >= 0.6 is 0 Å². The summed E-state index contributed by atoms with van der Waals surface area (Å²) < 4.78 is 40.9. The number of nitrogens with zero attached hydrogens (tertiary/aromatic N) is 7. The third kappa shape index (κ3) is 5.69. The average Bonchev–Trinajstić information content (AvgIpc) is 3.12. The Labute approximate surface area is 204 Å². The minimum atomic E-state index is -4.66. The zero-order valence-electron chi connectivity index (χ0n) is 19.6. The summed E-state index contributed by atoms with van der Waals surface area (Å²) in [5.74, 6) is -0.467. The van der Waals surface area contributed by atoms with Crippen molar-refractivity contribution in [2.24, 2.45) is 4.99 Å². The predicted octanol–water partition coefficient (Wildman–Crippen LogP) is 4.41. The number of aromatic nitrogens is 5. The van der Waals surface area contributed by atoms with Crippen LogP contribution in [0.2, 0.25) is 0 Å². The quantitative estimate of drug-likeness (QED) is 0.384. The van der Waals surface area contributed by atoms with Gasteiger partial charge in [0.25, 0.3) is 0 Å². The van der Waals surface area contributed by atoms with Gasteiger partial charge < -0.3 is 5.32 Å². The molecule has 3 aromatic rings. The summed E-state index contributed by atoms with van der Waals surface area (Å²) in [6.07, 6.45) is 3.72. The maximum Gasteiger partial charge on any atom is 0.433 e. The molecule has 0 atom stereocenters. The first-order chi connectivity index (χ1) is 17.1. The number of allylic oxidation sites excluding steroid dienone is 4. The van der Waals surface area contributed by atoms with Crippen molar-refractivity contribution in [3.8, 4) is 17.3 Å². The highest BCUT2D eigenvalue weighted by Gasteiger charge is 2.33. The largest absolute Gasteiger partial charge is 0.433 e. The van der Waals surface area contributed by atoms with E-state index in [4.69, 9.17) is 0 Å². The second kappa shape index (κ2) is 10.7. The third-order valence-electron chi connectivity index (χ3n) is 5.15. The van der Waals surface area contributed by atoms with E-state index in [2.05, 4.69) is 37.1 Å². The van der Waals surface area contributed by atoms with Crippen molar-refractivity contribution in [2.45, 2.75) is 33.5 Å². The number of halogens is 3. The lowest BCUT2D eigenvalue weighted by molar-refractivity contribution is -0.117. The van der Waals surface area contributed by atoms with Gasteiger partial charge in [-0.3, -0.25) is 24.4 Å². The molecule has 0 saturated heterocycles. The van der Waals surface area contributed by atoms with Crippen LogP contribution in [0.4, 0.5) is 19.0 Å². The SMILES string of the molecule is C=N/C(=C\C(=C/C)c1c(C)nn(CC(=O)Nc2ncc(-c3cnccn3)cc2C#N)c1C)C(F)(F)F. The number of aryl methyl sites for hydroxylation is 1. The van der Waals surface area contributed by atoms with Crippen molar-refractivity contribution in [1.82, 2.24) is 24.7 Å². The summed E-state index contributed by atoms with van der Waals surface area (Å²) in [6, 6.07) is 3.52. The fraction of sp³-hybridized carbons (Fsp3) is 0.208. The summed E-state index contributed by atoms with van der Waals surface area (Å²) in [7, 11) is 0. The summed E-state index contributed by atoms with van der Waals surface area (Å²) >= 11 is 0. The molecular formula is C24H21F3N8O. The molecule has 0 aliphatic rings. The van der Waals surface area contributed by atoms with E-state index in [1.807, 2.05) is 6.07 Å². The van der Waals surface area contributed by atoms with Crippen LogP contribution in [0.5, 0.6) is 0 Å². The standard InChI is InChI=1S/C24H21F3N8O/c1-5-16(9-20(29-4)24(25,26)27)22-14(2)34-35(15(22)3)13-21(36)33-23-17(10-28)8-18(11-32-23)19-12-30-6-7-31-19/h5-9,11-12H,4,13H2,1-3H3,(H,32,33,36)/b16-5+,20-9-. The summed E-state index contributed by atoms with van der Waals surface area (Å²) in [6.45, 7) is 7.61. The van der Waals surface area contributed by atoms with Crippen LogP contribution in [0.1, 0.15) is 29.4 Å². The fourth-order valence-electron chi connectivity index (χ4n) is 3.48. The van der Waals surface area contributed by atoms with E-state index in [-0.39, 0.29) is 23.5 Å². The van der Waals surface area contributed by atoms with Crippen LogP contribution in [0.25, 0.3) is 16.8 Å². The first-order valence-corrected chi connectivity index (χ1v) is 10.5. The number of carbonyl (C=O) groups is 1. The Morgan fingerprint density at radius 3 is 2.61 bits per heavy atom. The molecule has 0 fully saturated rings. The van der Waals surface area contributed by atoms with Gasteiger partial charge in [0, 0.05) is 35.4 Å². The minimum Gasteiger partial charge on any atom is -0.308 e. The smallest absolute Gasteiger partial charge is 0.308 e. The molecule has 0 bridgehead atoms. The molecule has 3 heterocycles. The van der Waals surface area contributed by atoms with Crippen LogP contribution in [0.3, 0.4) is 0 Å². The van der Waals surface area contributed by atoms with Gasteiger partial charge in [-0.15, -0.1) is 0 Å². The monoisotopic (exact) mass is 494 g/mol. The molecule has 9 nitrogen and oxygen atoms in total. The fourth-order valence-corrected chi connectivity index (χ4v) is 3.48. The number of anilines is 1. The molecule has 0 saturated carbocycles. The molecule has 184 valence electrons. The number of aliphatic imine (C=N–C) groups is 1. The molecule has 3 rings (SSSR count). The summed E-state index contributed by atoms with van der Waals surface area (Å²) in [5, 5.41) is 16.4. The van der Waals surface area contributed by atoms with Crippen molar-refractivity contribution >= 4 is 24.0 Å². The van der Waals surface area contributed by atoms with Crippen molar-refractivity contribution in [3.63, 3.8) is 0 Å². The van der Waals surface area contributed by atoms with E-state index < -0.39 is 17.8 Å². The average molecular weight is 494 g/mol. The number of alkyl halides is 3. The van der Waals surface area contributed by atoms with Gasteiger partial charge in [0.15, 0.2) is 5.82 Å². The van der Waals surface area contributed by atoms with Crippen molar-refractivity contribution in [2.75, 3.05) is 5.32 Å².